The molecule has 2 aromatic carbocycles. The zero-order valence-electron chi connectivity index (χ0n) is 20.3. The number of benzene rings is 2. The molecule has 0 aliphatic heterocycles. The van der Waals surface area contributed by atoms with Crippen molar-refractivity contribution < 1.29 is 0 Å². The topological polar surface area (TPSA) is 28.2 Å². The predicted octanol–water partition coefficient (Wildman–Crippen LogP) is 8.90. The van der Waals surface area contributed by atoms with Gasteiger partial charge in [-0.2, -0.15) is 0 Å². The Morgan fingerprint density at radius 3 is 1.03 bits per heavy atom. The first kappa shape index (κ1) is 26.9. The van der Waals surface area contributed by atoms with Crippen LogP contribution in [0.5, 0.6) is 0 Å². The first-order chi connectivity index (χ1) is 13.7. The van der Waals surface area contributed by atoms with Gasteiger partial charge in [0, 0.05) is 0 Å². The fourth-order valence-electron chi connectivity index (χ4n) is 3.84. The van der Waals surface area contributed by atoms with E-state index in [1.165, 1.54) is 33.6 Å². The molecule has 0 amide bonds. The Bertz CT molecular complexity index is 660. The Kier molecular flexibility index (Phi) is 11.3. The third kappa shape index (κ3) is 6.93. The van der Waals surface area contributed by atoms with E-state index < -0.39 is 0 Å². The molecule has 2 aromatic rings. The zero-order valence-corrected chi connectivity index (χ0v) is 23.1. The van der Waals surface area contributed by atoms with Crippen LogP contribution in [-0.4, -0.2) is 37.0 Å². The van der Waals surface area contributed by atoms with Gasteiger partial charge in [-0.1, -0.05) is 120 Å². The summed E-state index contributed by atoms with van der Waals surface area (Å²) in [4.78, 5) is 0. The van der Waals surface area contributed by atoms with E-state index in [0.717, 1.165) is 19.5 Å². The second-order valence-electron chi connectivity index (χ2n) is 9.31. The third-order valence-corrected chi connectivity index (χ3v) is 5.54. The van der Waals surface area contributed by atoms with E-state index >= 15 is 0 Å². The summed E-state index contributed by atoms with van der Waals surface area (Å²) in [7, 11) is 0. The van der Waals surface area contributed by atoms with Crippen molar-refractivity contribution in [3.8, 4) is 0 Å². The summed E-state index contributed by atoms with van der Waals surface area (Å²) in [6.45, 7) is 19.7. The maximum Gasteiger partial charge on any atom is 2.00 e. The number of rotatable bonds is 10. The maximum atomic E-state index is 5.03. The molecule has 0 N–H and O–H groups in total. The Hall–Kier alpha value is -1.16. The van der Waals surface area contributed by atoms with E-state index in [0.29, 0.717) is 23.7 Å². The largest absolute Gasteiger partial charge is 2.00 e. The number of hydrogen-bond donors (Lipinski definition) is 0. The molecule has 0 unspecified atom stereocenters. The summed E-state index contributed by atoms with van der Waals surface area (Å²) >= 11 is 0. The van der Waals surface area contributed by atoms with Gasteiger partial charge in [-0.15, -0.1) is 24.5 Å². The minimum Gasteiger partial charge on any atom is -0.684 e. The van der Waals surface area contributed by atoms with Crippen molar-refractivity contribution in [2.24, 2.45) is 0 Å². The molecule has 0 saturated heterocycles. The Morgan fingerprint density at radius 1 is 0.533 bits per heavy atom. The molecule has 0 bridgehead atoms. The Balaban J connectivity index is 0.00000450. The van der Waals surface area contributed by atoms with Crippen LogP contribution in [0, 0.1) is 0 Å². The predicted molar refractivity (Wildman–Crippen MR) is 135 cm³/mol. The smallest absolute Gasteiger partial charge is 0.684 e. The van der Waals surface area contributed by atoms with Gasteiger partial charge in [-0.25, -0.2) is 0 Å². The van der Waals surface area contributed by atoms with Gasteiger partial charge in [0.25, 0.3) is 0 Å². The van der Waals surface area contributed by atoms with Gasteiger partial charge in [0.15, 0.2) is 0 Å². The summed E-state index contributed by atoms with van der Waals surface area (Å²) in [5, 5.41) is 10.1. The van der Waals surface area contributed by atoms with E-state index in [1.54, 1.807) is 0 Å². The third-order valence-electron chi connectivity index (χ3n) is 5.54. The van der Waals surface area contributed by atoms with Crippen molar-refractivity contribution in [3.63, 3.8) is 0 Å². The van der Waals surface area contributed by atoms with Gasteiger partial charge >= 0.3 is 23.9 Å². The van der Waals surface area contributed by atoms with Crippen LogP contribution in [0.4, 0.5) is 11.4 Å². The van der Waals surface area contributed by atoms with Crippen molar-refractivity contribution in [2.45, 2.75) is 85.5 Å². The summed E-state index contributed by atoms with van der Waals surface area (Å²) in [6, 6.07) is 13.3. The van der Waals surface area contributed by atoms with Crippen molar-refractivity contribution >= 4 is 35.3 Å². The molecule has 2 radical (unpaired) electrons. The Morgan fingerprint density at radius 2 is 0.800 bits per heavy atom. The molecule has 0 aliphatic rings. The number of para-hydroxylation sites is 2. The number of hydrogen-bond acceptors (Lipinski definition) is 0. The molecule has 0 heterocycles. The van der Waals surface area contributed by atoms with Crippen molar-refractivity contribution in [2.75, 3.05) is 13.1 Å². The number of nitrogens with zero attached hydrogens (tertiary/aromatic N) is 2. The van der Waals surface area contributed by atoms with Gasteiger partial charge in [-0.3, -0.25) is 0 Å². The minimum absolute atomic E-state index is 0. The SMILES string of the molecule is CC(C)c1cccc(C(C)C)c1[N-]CCC[N-]c1c(C(C)C)cccc1C(C)C.[Sn+2]. The molecule has 30 heavy (non-hydrogen) atoms. The van der Waals surface area contributed by atoms with Crippen LogP contribution >= 0.6 is 0 Å². The fraction of sp³-hybridized carbons (Fsp3) is 0.556. The van der Waals surface area contributed by atoms with Gasteiger partial charge in [0.1, 0.15) is 0 Å². The van der Waals surface area contributed by atoms with Crippen LogP contribution in [0.15, 0.2) is 36.4 Å². The fourth-order valence-corrected chi connectivity index (χ4v) is 3.84. The molecule has 2 rings (SSSR count). The molecule has 2 nitrogen and oxygen atoms in total. The van der Waals surface area contributed by atoms with E-state index in [1.807, 2.05) is 0 Å². The average Bonchev–Trinajstić information content (AvgIpc) is 2.66. The summed E-state index contributed by atoms with van der Waals surface area (Å²) in [5.74, 6) is 1.96. The molecule has 0 fully saturated rings. The van der Waals surface area contributed by atoms with Gasteiger partial charge in [-0.05, 0) is 23.7 Å². The van der Waals surface area contributed by atoms with E-state index in [4.69, 9.17) is 10.6 Å². The molecule has 3 heteroatoms. The van der Waals surface area contributed by atoms with Crippen LogP contribution in [0.25, 0.3) is 10.6 Å². The average molecular weight is 511 g/mol. The second kappa shape index (κ2) is 12.6. The van der Waals surface area contributed by atoms with Crippen LogP contribution in [-0.2, 0) is 0 Å². The van der Waals surface area contributed by atoms with Gasteiger partial charge in [0.2, 0.25) is 0 Å². The quantitative estimate of drug-likeness (QED) is 0.225. The normalized spacial score (nSPS) is 11.3. The van der Waals surface area contributed by atoms with Crippen LogP contribution in [0.1, 0.15) is 108 Å². The molecule has 0 aliphatic carbocycles. The van der Waals surface area contributed by atoms with Crippen LogP contribution < -0.4 is 0 Å². The van der Waals surface area contributed by atoms with Crippen molar-refractivity contribution in [1.29, 1.82) is 0 Å². The molecule has 0 saturated carbocycles. The van der Waals surface area contributed by atoms with Crippen molar-refractivity contribution in [1.82, 2.24) is 0 Å². The molecular weight excluding hydrogens is 471 g/mol. The maximum absolute atomic E-state index is 5.03. The Labute approximate surface area is 202 Å². The van der Waals surface area contributed by atoms with E-state index in [2.05, 4.69) is 91.8 Å². The van der Waals surface area contributed by atoms with Crippen LogP contribution in [0.2, 0.25) is 0 Å². The standard InChI is InChI=1S/C27H40N2.Sn/c1-18(2)22-12-9-13-23(19(3)4)26(22)28-16-11-17-29-27-24(20(5)6)14-10-15-25(27)21(7)8;/h9-10,12-15,18-21H,11,16-17H2,1-8H3;/q-2;+2. The molecule has 162 valence electrons. The minimum atomic E-state index is 0. The first-order valence-electron chi connectivity index (χ1n) is 11.3. The first-order valence-corrected chi connectivity index (χ1v) is 11.3. The second-order valence-corrected chi connectivity index (χ2v) is 9.31. The van der Waals surface area contributed by atoms with E-state index in [-0.39, 0.29) is 23.9 Å². The van der Waals surface area contributed by atoms with Gasteiger partial charge < -0.3 is 10.6 Å². The molecule has 0 atom stereocenters. The monoisotopic (exact) mass is 512 g/mol. The van der Waals surface area contributed by atoms with E-state index in [9.17, 15) is 0 Å². The summed E-state index contributed by atoms with van der Waals surface area (Å²) < 4.78 is 0. The van der Waals surface area contributed by atoms with Crippen molar-refractivity contribution in [3.05, 3.63) is 69.3 Å². The summed E-state index contributed by atoms with van der Waals surface area (Å²) in [6.07, 6.45) is 0.980. The molecule has 0 spiro atoms. The van der Waals surface area contributed by atoms with Gasteiger partial charge in [0.05, 0.1) is 0 Å². The summed E-state index contributed by atoms with van der Waals surface area (Å²) in [5.41, 5.74) is 7.87. The molecular formula is C27H40N2Sn. The molecule has 0 aromatic heterocycles. The van der Waals surface area contributed by atoms with Crippen LogP contribution in [0.3, 0.4) is 0 Å². The zero-order chi connectivity index (χ0) is 21.6.